The summed E-state index contributed by atoms with van der Waals surface area (Å²) in [4.78, 5) is 28.6. The van der Waals surface area contributed by atoms with Crippen molar-refractivity contribution in [1.29, 1.82) is 0 Å². The van der Waals surface area contributed by atoms with E-state index in [-0.39, 0.29) is 17.9 Å². The summed E-state index contributed by atoms with van der Waals surface area (Å²) in [6.45, 7) is 5.48. The summed E-state index contributed by atoms with van der Waals surface area (Å²) in [6, 6.07) is 11.3. The zero-order valence-corrected chi connectivity index (χ0v) is 22.1. The fourth-order valence-electron chi connectivity index (χ4n) is 4.58. The molecule has 1 aliphatic heterocycles. The molecule has 0 spiro atoms. The van der Waals surface area contributed by atoms with E-state index in [1.165, 1.54) is 12.0 Å². The molecule has 9 nitrogen and oxygen atoms in total. The maximum atomic E-state index is 13.8. The number of para-hydroxylation sites is 1. The first-order valence-corrected chi connectivity index (χ1v) is 12.7. The zero-order valence-electron chi connectivity index (χ0n) is 22.1. The van der Waals surface area contributed by atoms with Crippen molar-refractivity contribution in [3.05, 3.63) is 65.1 Å². The molecule has 9 heteroatoms. The maximum Gasteiger partial charge on any atom is 0.290 e. The van der Waals surface area contributed by atoms with Gasteiger partial charge in [0.2, 0.25) is 5.78 Å². The summed E-state index contributed by atoms with van der Waals surface area (Å²) in [7, 11) is 3.09. The minimum Gasteiger partial charge on any atom is -0.503 e. The SMILES string of the molecule is CCCOc1ccc(C2C(C(=O)c3cc4cccc(OC)c4o3)=C(O)C(=O)N2CCCOC)cc1OCC. The molecular formula is C29H33NO8. The van der Waals surface area contributed by atoms with Gasteiger partial charge in [0, 0.05) is 25.6 Å². The second-order valence-electron chi connectivity index (χ2n) is 8.82. The van der Waals surface area contributed by atoms with Gasteiger partial charge in [0.15, 0.2) is 34.4 Å². The molecular weight excluding hydrogens is 490 g/mol. The topological polar surface area (TPSA) is 108 Å². The maximum absolute atomic E-state index is 13.8. The number of Topliss-reactive ketones (excluding diaryl/α,β-unsaturated/α-hetero) is 1. The van der Waals surface area contributed by atoms with Gasteiger partial charge in [-0.1, -0.05) is 25.1 Å². The van der Waals surface area contributed by atoms with Gasteiger partial charge in [0.1, 0.15) is 0 Å². The first-order valence-electron chi connectivity index (χ1n) is 12.7. The van der Waals surface area contributed by atoms with Crippen LogP contribution in [-0.2, 0) is 9.53 Å². The number of rotatable bonds is 13. The van der Waals surface area contributed by atoms with E-state index in [2.05, 4.69) is 0 Å². The minimum absolute atomic E-state index is 0.00415. The molecule has 0 saturated heterocycles. The van der Waals surface area contributed by atoms with Crippen LogP contribution in [0.15, 0.2) is 58.2 Å². The molecule has 2 heterocycles. The van der Waals surface area contributed by atoms with Gasteiger partial charge >= 0.3 is 0 Å². The van der Waals surface area contributed by atoms with E-state index in [0.717, 1.165) is 6.42 Å². The normalized spacial score (nSPS) is 15.4. The largest absolute Gasteiger partial charge is 0.503 e. The molecule has 1 N–H and O–H groups in total. The first-order chi connectivity index (χ1) is 18.4. The van der Waals surface area contributed by atoms with Crippen molar-refractivity contribution in [3.63, 3.8) is 0 Å². The monoisotopic (exact) mass is 523 g/mol. The Bertz CT molecular complexity index is 1340. The van der Waals surface area contributed by atoms with Crippen molar-refractivity contribution < 1.29 is 38.1 Å². The molecule has 0 aliphatic carbocycles. The van der Waals surface area contributed by atoms with Crippen molar-refractivity contribution in [2.24, 2.45) is 0 Å². The van der Waals surface area contributed by atoms with Crippen LogP contribution in [0.2, 0.25) is 0 Å². The molecule has 1 aliphatic rings. The van der Waals surface area contributed by atoms with E-state index in [4.69, 9.17) is 23.4 Å². The summed E-state index contributed by atoms with van der Waals surface area (Å²) in [5.74, 6) is -0.286. The van der Waals surface area contributed by atoms with Gasteiger partial charge in [-0.15, -0.1) is 0 Å². The van der Waals surface area contributed by atoms with Crippen LogP contribution in [0.3, 0.4) is 0 Å². The van der Waals surface area contributed by atoms with E-state index < -0.39 is 23.5 Å². The van der Waals surface area contributed by atoms with E-state index in [9.17, 15) is 14.7 Å². The van der Waals surface area contributed by atoms with Crippen LogP contribution in [0.5, 0.6) is 17.2 Å². The third-order valence-corrected chi connectivity index (χ3v) is 6.29. The van der Waals surface area contributed by atoms with Gasteiger partial charge < -0.3 is 33.4 Å². The van der Waals surface area contributed by atoms with Gasteiger partial charge in [-0.2, -0.15) is 0 Å². The predicted octanol–water partition coefficient (Wildman–Crippen LogP) is 5.24. The number of carbonyl (C=O) groups excluding carboxylic acids is 2. The lowest BCUT2D eigenvalue weighted by Gasteiger charge is -2.27. The summed E-state index contributed by atoms with van der Waals surface area (Å²) < 4.78 is 28.0. The van der Waals surface area contributed by atoms with Crippen molar-refractivity contribution in [2.45, 2.75) is 32.7 Å². The molecule has 2 aromatic carbocycles. The first kappa shape index (κ1) is 27.1. The average molecular weight is 524 g/mol. The van der Waals surface area contributed by atoms with Crippen LogP contribution in [-0.4, -0.2) is 62.3 Å². The zero-order chi connectivity index (χ0) is 27.2. The van der Waals surface area contributed by atoms with Crippen molar-refractivity contribution >= 4 is 22.7 Å². The van der Waals surface area contributed by atoms with Crippen LogP contribution < -0.4 is 14.2 Å². The Morgan fingerprint density at radius 2 is 1.84 bits per heavy atom. The van der Waals surface area contributed by atoms with Gasteiger partial charge in [0.05, 0.1) is 31.9 Å². The molecule has 1 aromatic heterocycles. The van der Waals surface area contributed by atoms with Crippen LogP contribution in [0.1, 0.15) is 48.8 Å². The molecule has 1 amide bonds. The Labute approximate surface area is 221 Å². The van der Waals surface area contributed by atoms with E-state index in [0.29, 0.717) is 60.0 Å². The highest BCUT2D eigenvalue weighted by Gasteiger charge is 2.44. The predicted molar refractivity (Wildman–Crippen MR) is 141 cm³/mol. The lowest BCUT2D eigenvalue weighted by Crippen LogP contribution is -2.32. The van der Waals surface area contributed by atoms with Crippen molar-refractivity contribution in [2.75, 3.05) is 40.6 Å². The van der Waals surface area contributed by atoms with E-state index in [1.54, 1.807) is 49.6 Å². The van der Waals surface area contributed by atoms with Crippen LogP contribution >= 0.6 is 0 Å². The summed E-state index contributed by atoms with van der Waals surface area (Å²) in [5.41, 5.74) is 0.951. The van der Waals surface area contributed by atoms with Gasteiger partial charge in [-0.05, 0) is 49.6 Å². The highest BCUT2D eigenvalue weighted by atomic mass is 16.5. The number of ketones is 1. The van der Waals surface area contributed by atoms with Crippen LogP contribution in [0.25, 0.3) is 11.0 Å². The van der Waals surface area contributed by atoms with Crippen molar-refractivity contribution in [1.82, 2.24) is 4.90 Å². The number of hydrogen-bond acceptors (Lipinski definition) is 8. The molecule has 202 valence electrons. The minimum atomic E-state index is -0.860. The molecule has 4 rings (SSSR count). The number of methoxy groups -OCH3 is 2. The Kier molecular flexibility index (Phi) is 8.58. The molecule has 1 unspecified atom stereocenters. The number of carbonyl (C=O) groups is 2. The van der Waals surface area contributed by atoms with Crippen molar-refractivity contribution in [3.8, 4) is 17.2 Å². The molecule has 0 fully saturated rings. The number of aliphatic hydroxyl groups excluding tert-OH is 1. The third-order valence-electron chi connectivity index (χ3n) is 6.29. The summed E-state index contributed by atoms with van der Waals surface area (Å²) in [6.07, 6.45) is 1.35. The van der Waals surface area contributed by atoms with Crippen LogP contribution in [0.4, 0.5) is 0 Å². The molecule has 0 saturated carbocycles. The molecule has 0 radical (unpaired) electrons. The van der Waals surface area contributed by atoms with Crippen LogP contribution in [0, 0.1) is 0 Å². The Hall–Kier alpha value is -3.98. The van der Waals surface area contributed by atoms with Gasteiger partial charge in [-0.3, -0.25) is 9.59 Å². The number of nitrogens with zero attached hydrogens (tertiary/aromatic N) is 1. The number of aliphatic hydroxyl groups is 1. The quantitative estimate of drug-likeness (QED) is 0.239. The Balaban J connectivity index is 1.79. The number of ether oxygens (including phenoxy) is 4. The fraction of sp³-hybridized carbons (Fsp3) is 0.379. The van der Waals surface area contributed by atoms with E-state index >= 15 is 0 Å². The van der Waals surface area contributed by atoms with E-state index in [1.807, 2.05) is 13.8 Å². The molecule has 1 atom stereocenters. The number of amides is 1. The Morgan fingerprint density at radius 3 is 2.55 bits per heavy atom. The highest BCUT2D eigenvalue weighted by molar-refractivity contribution is 6.16. The number of fused-ring (bicyclic) bond motifs is 1. The molecule has 38 heavy (non-hydrogen) atoms. The summed E-state index contributed by atoms with van der Waals surface area (Å²) in [5, 5.41) is 11.6. The number of furan rings is 1. The lowest BCUT2D eigenvalue weighted by molar-refractivity contribution is -0.129. The fourth-order valence-corrected chi connectivity index (χ4v) is 4.58. The second kappa shape index (κ2) is 12.0. The second-order valence-corrected chi connectivity index (χ2v) is 8.82. The highest BCUT2D eigenvalue weighted by Crippen LogP contribution is 2.42. The Morgan fingerprint density at radius 1 is 1.03 bits per heavy atom. The standard InChI is InChI=1S/C29H33NO8/c1-5-14-37-20-12-11-18(16-22(20)36-6-2)25-24(27(32)29(33)30(25)13-8-15-34-3)26(31)23-17-19-9-7-10-21(35-4)28(19)38-23/h7,9-12,16-17,25,32H,5-6,8,13-15H2,1-4H3. The lowest BCUT2D eigenvalue weighted by atomic mass is 9.94. The third kappa shape index (κ3) is 5.19. The van der Waals surface area contributed by atoms with Gasteiger partial charge in [-0.25, -0.2) is 0 Å². The molecule has 0 bridgehead atoms. The average Bonchev–Trinajstić information content (AvgIpc) is 3.47. The number of hydrogen-bond donors (Lipinski definition) is 1. The molecule has 3 aromatic rings. The summed E-state index contributed by atoms with van der Waals surface area (Å²) >= 11 is 0. The smallest absolute Gasteiger partial charge is 0.290 e. The number of benzene rings is 2. The van der Waals surface area contributed by atoms with Gasteiger partial charge in [0.25, 0.3) is 5.91 Å².